The summed E-state index contributed by atoms with van der Waals surface area (Å²) in [5, 5.41) is 18.4. The molecule has 12 nitrogen and oxygen atoms in total. The van der Waals surface area contributed by atoms with Crippen molar-refractivity contribution in [2.45, 2.75) is 89.4 Å². The first-order valence-electron chi connectivity index (χ1n) is 19.0. The maximum absolute atomic E-state index is 12.3. The summed E-state index contributed by atoms with van der Waals surface area (Å²) in [5.74, 6) is -1.25. The molecule has 1 saturated heterocycles. The van der Waals surface area contributed by atoms with Gasteiger partial charge in [-0.15, -0.1) is 0 Å². The van der Waals surface area contributed by atoms with Crippen LogP contribution in [0.1, 0.15) is 43.0 Å². The number of ether oxygens (including phenoxy) is 6. The highest BCUT2D eigenvalue weighted by Crippen LogP contribution is 2.31. The highest BCUT2D eigenvalue weighted by atomic mass is 32.1. The Bertz CT molecular complexity index is 1800. The van der Waals surface area contributed by atoms with E-state index in [9.17, 15) is 14.7 Å². The summed E-state index contributed by atoms with van der Waals surface area (Å²) in [4.78, 5) is 24.3. The number of nitrogens with one attached hydrogen (secondary N) is 3. The molecule has 5 rings (SSSR count). The van der Waals surface area contributed by atoms with Gasteiger partial charge in [-0.3, -0.25) is 0 Å². The Kier molecular flexibility index (Phi) is 16.8. The molecule has 0 spiro atoms. The Hall–Kier alpha value is -4.89. The van der Waals surface area contributed by atoms with Gasteiger partial charge >= 0.3 is 12.1 Å². The first kappa shape index (κ1) is 43.2. The number of benzene rings is 4. The molecule has 0 radical (unpaired) electrons. The third-order valence-electron chi connectivity index (χ3n) is 8.90. The van der Waals surface area contributed by atoms with Crippen LogP contribution in [-0.4, -0.2) is 84.1 Å². The minimum Gasteiger partial charge on any atom is -0.480 e. The fraction of sp³-hybridized carbons (Fsp3) is 0.386. The first-order chi connectivity index (χ1) is 27.5. The van der Waals surface area contributed by atoms with E-state index in [1.54, 1.807) is 20.8 Å². The van der Waals surface area contributed by atoms with E-state index in [1.807, 2.05) is 121 Å². The fourth-order valence-electron chi connectivity index (χ4n) is 6.15. The van der Waals surface area contributed by atoms with Crippen LogP contribution in [0.15, 0.2) is 121 Å². The van der Waals surface area contributed by atoms with Crippen LogP contribution in [0.5, 0.6) is 0 Å². The number of thiocarbonyl (C=S) groups is 1. The highest BCUT2D eigenvalue weighted by Gasteiger charge is 2.48. The summed E-state index contributed by atoms with van der Waals surface area (Å²) < 4.78 is 38.6. The Morgan fingerprint density at radius 2 is 1.11 bits per heavy atom. The van der Waals surface area contributed by atoms with Crippen molar-refractivity contribution >= 4 is 29.4 Å². The number of carbonyl (C=O) groups excluding carboxylic acids is 1. The van der Waals surface area contributed by atoms with Crippen LogP contribution in [0.3, 0.4) is 0 Å². The molecule has 1 aliphatic rings. The monoisotopic (exact) mass is 799 g/mol. The van der Waals surface area contributed by atoms with Gasteiger partial charge in [0.1, 0.15) is 42.2 Å². The molecule has 1 amide bonds. The second-order valence-corrected chi connectivity index (χ2v) is 15.0. The van der Waals surface area contributed by atoms with Gasteiger partial charge in [-0.25, -0.2) is 9.59 Å². The zero-order valence-corrected chi connectivity index (χ0v) is 33.4. The summed E-state index contributed by atoms with van der Waals surface area (Å²) in [5.41, 5.74) is 3.17. The van der Waals surface area contributed by atoms with E-state index in [0.29, 0.717) is 19.8 Å². The van der Waals surface area contributed by atoms with Gasteiger partial charge in [0.25, 0.3) is 0 Å². The van der Waals surface area contributed by atoms with Crippen LogP contribution in [-0.2, 0) is 59.6 Å². The van der Waals surface area contributed by atoms with Crippen molar-refractivity contribution in [2.75, 3.05) is 19.7 Å². The van der Waals surface area contributed by atoms with E-state index in [-0.39, 0.29) is 31.4 Å². The lowest BCUT2D eigenvalue weighted by Gasteiger charge is -2.46. The molecule has 0 unspecified atom stereocenters. The summed E-state index contributed by atoms with van der Waals surface area (Å²) in [6, 6.07) is 38.2. The maximum Gasteiger partial charge on any atom is 0.408 e. The SMILES string of the molecule is CC(C)(C)OC(=O)N[C@@H](CNC(=S)NC[C@H]1O[C@H](COCc2ccccc2)[C@H](OCc2ccccc2)[C@H](OCc2ccccc2)[C@H]1OCc1ccccc1)C(=O)O. The fourth-order valence-corrected chi connectivity index (χ4v) is 6.32. The third-order valence-corrected chi connectivity index (χ3v) is 9.19. The highest BCUT2D eigenvalue weighted by molar-refractivity contribution is 7.80. The summed E-state index contributed by atoms with van der Waals surface area (Å²) in [6.07, 6.45) is -3.96. The molecule has 1 heterocycles. The Balaban J connectivity index is 1.38. The second kappa shape index (κ2) is 22.2. The molecule has 13 heteroatoms. The number of aliphatic carboxylic acids is 1. The average molecular weight is 800 g/mol. The minimum atomic E-state index is -1.31. The molecule has 0 saturated carbocycles. The van der Waals surface area contributed by atoms with Crippen molar-refractivity contribution in [3.63, 3.8) is 0 Å². The standard InChI is InChI=1S/C44H53N3O9S/c1-44(2,3)56-43(50)47-35(41(48)49)24-45-42(57)46-25-36-38(52-27-32-18-10-5-11-19-32)40(54-29-34-22-14-7-15-23-34)39(53-28-33-20-12-6-13-21-33)37(55-36)30-51-26-31-16-8-4-9-17-31/h4-23,35-40H,24-30H2,1-3H3,(H,47,50)(H,48,49)(H2,45,46,57)/t35-,36+,37+,38-,39-,40+/m0/s1. The lowest BCUT2D eigenvalue weighted by atomic mass is 9.93. The molecule has 57 heavy (non-hydrogen) atoms. The van der Waals surface area contributed by atoms with Crippen LogP contribution in [0.4, 0.5) is 4.79 Å². The molecule has 4 N–H and O–H groups in total. The molecule has 1 fully saturated rings. The molecule has 304 valence electrons. The van der Waals surface area contributed by atoms with E-state index in [0.717, 1.165) is 22.3 Å². The Labute approximate surface area is 340 Å². The van der Waals surface area contributed by atoms with Crippen LogP contribution in [0, 0.1) is 0 Å². The summed E-state index contributed by atoms with van der Waals surface area (Å²) in [6.45, 7) is 6.48. The van der Waals surface area contributed by atoms with Crippen molar-refractivity contribution in [2.24, 2.45) is 0 Å². The summed E-state index contributed by atoms with van der Waals surface area (Å²) in [7, 11) is 0. The van der Waals surface area contributed by atoms with Gasteiger partial charge in [0.05, 0.1) is 33.0 Å². The molecule has 0 aromatic heterocycles. The van der Waals surface area contributed by atoms with Crippen LogP contribution >= 0.6 is 12.2 Å². The van der Waals surface area contributed by atoms with Crippen molar-refractivity contribution in [3.8, 4) is 0 Å². The van der Waals surface area contributed by atoms with Crippen LogP contribution in [0.2, 0.25) is 0 Å². The van der Waals surface area contributed by atoms with E-state index in [4.69, 9.17) is 40.6 Å². The number of carboxylic acids is 1. The van der Waals surface area contributed by atoms with E-state index >= 15 is 0 Å². The molecule has 0 aliphatic carbocycles. The number of alkyl carbamates (subject to hydrolysis) is 1. The number of carboxylic acid groups (broad SMARTS) is 1. The topological polar surface area (TPSA) is 146 Å². The zero-order chi connectivity index (χ0) is 40.5. The van der Waals surface area contributed by atoms with E-state index < -0.39 is 54.2 Å². The molecule has 1 aliphatic heterocycles. The van der Waals surface area contributed by atoms with E-state index in [2.05, 4.69) is 16.0 Å². The Morgan fingerprint density at radius 1 is 0.667 bits per heavy atom. The normalized spacial score (nSPS) is 19.9. The maximum atomic E-state index is 12.3. The number of hydrogen-bond acceptors (Lipinski definition) is 9. The number of amides is 1. The second-order valence-electron chi connectivity index (χ2n) is 14.6. The predicted molar refractivity (Wildman–Crippen MR) is 219 cm³/mol. The molecule has 4 aromatic rings. The summed E-state index contributed by atoms with van der Waals surface area (Å²) >= 11 is 5.59. The van der Waals surface area contributed by atoms with Gasteiger partial charge in [-0.2, -0.15) is 0 Å². The molecular weight excluding hydrogens is 747 g/mol. The molecule has 6 atom stereocenters. The van der Waals surface area contributed by atoms with Gasteiger partial charge in [-0.05, 0) is 55.2 Å². The largest absolute Gasteiger partial charge is 0.480 e. The number of carbonyl (C=O) groups is 2. The number of rotatable bonds is 19. The smallest absolute Gasteiger partial charge is 0.408 e. The van der Waals surface area contributed by atoms with Crippen molar-refractivity contribution in [3.05, 3.63) is 144 Å². The zero-order valence-electron chi connectivity index (χ0n) is 32.6. The van der Waals surface area contributed by atoms with Crippen LogP contribution in [0.25, 0.3) is 0 Å². The third kappa shape index (κ3) is 14.8. The minimum absolute atomic E-state index is 0.152. The van der Waals surface area contributed by atoms with Crippen molar-refractivity contribution in [1.82, 2.24) is 16.0 Å². The van der Waals surface area contributed by atoms with Gasteiger partial charge in [-0.1, -0.05) is 121 Å². The lowest BCUT2D eigenvalue weighted by molar-refractivity contribution is -0.271. The van der Waals surface area contributed by atoms with Crippen molar-refractivity contribution < 1.29 is 43.1 Å². The van der Waals surface area contributed by atoms with Gasteiger partial charge in [0.2, 0.25) is 0 Å². The quantitative estimate of drug-likeness (QED) is 0.0806. The van der Waals surface area contributed by atoms with Gasteiger partial charge in [0, 0.05) is 13.1 Å². The molecular formula is C44H53N3O9S. The first-order valence-corrected chi connectivity index (χ1v) is 19.4. The van der Waals surface area contributed by atoms with E-state index in [1.165, 1.54) is 0 Å². The van der Waals surface area contributed by atoms with Gasteiger partial charge in [0.15, 0.2) is 5.11 Å². The number of hydrogen-bond donors (Lipinski definition) is 4. The lowest BCUT2D eigenvalue weighted by Crippen LogP contribution is -2.63. The molecule has 4 aromatic carbocycles. The van der Waals surface area contributed by atoms with Gasteiger partial charge < -0.3 is 49.5 Å². The molecule has 0 bridgehead atoms. The predicted octanol–water partition coefficient (Wildman–Crippen LogP) is 6.17. The van der Waals surface area contributed by atoms with Crippen molar-refractivity contribution in [1.29, 1.82) is 0 Å². The Morgan fingerprint density at radius 3 is 1.56 bits per heavy atom. The van der Waals surface area contributed by atoms with Crippen LogP contribution < -0.4 is 16.0 Å². The average Bonchev–Trinajstić information content (AvgIpc) is 3.20.